The molecule has 0 saturated heterocycles. The number of rotatable bonds is 12. The van der Waals surface area contributed by atoms with Crippen molar-refractivity contribution in [3.8, 4) is 5.75 Å². The van der Waals surface area contributed by atoms with Gasteiger partial charge in [0.05, 0.1) is 0 Å². The number of hydrogen-bond donors (Lipinski definition) is 3. The summed E-state index contributed by atoms with van der Waals surface area (Å²) in [5.41, 5.74) is 0. The van der Waals surface area contributed by atoms with Crippen molar-refractivity contribution in [2.75, 3.05) is 26.4 Å². The Morgan fingerprint density at radius 1 is 0.291 bits per heavy atom. The molecule has 2 rings (SSSR count). The second-order valence-corrected chi connectivity index (χ2v) is 9.66. The molecule has 0 fully saturated rings. The van der Waals surface area contributed by atoms with Crippen molar-refractivity contribution in [2.45, 2.75) is 47.4 Å². The topological polar surface area (TPSA) is 69.9 Å². The average Bonchev–Trinajstić information content (AvgIpc) is 3.10. The van der Waals surface area contributed by atoms with Gasteiger partial charge in [0.2, 0.25) is 64.0 Å². The second kappa shape index (κ2) is 16.8. The monoisotopic (exact) mass is 876 g/mol. The molecule has 2 aromatic rings. The van der Waals surface area contributed by atoms with Gasteiger partial charge in [-0.25, -0.2) is 39.5 Å². The number of alkyl halides is 16. The molecule has 0 bridgehead atoms. The summed E-state index contributed by atoms with van der Waals surface area (Å²) in [5, 5.41) is 23.5. The highest BCUT2D eigenvalue weighted by Gasteiger charge is 2.81. The van der Waals surface area contributed by atoms with E-state index in [1.54, 1.807) is 0 Å². The van der Waals surface area contributed by atoms with Gasteiger partial charge in [-0.2, -0.15) is 79.0 Å². The van der Waals surface area contributed by atoms with Crippen LogP contribution in [0.5, 0.6) is 5.75 Å². The number of benzene rings is 2. The van der Waals surface area contributed by atoms with Crippen LogP contribution < -0.4 is 4.74 Å². The third-order valence-corrected chi connectivity index (χ3v) is 5.95. The molecule has 0 atom stereocenters. The van der Waals surface area contributed by atoms with Crippen molar-refractivity contribution < 1.29 is 139 Å². The van der Waals surface area contributed by atoms with Crippen molar-refractivity contribution in [3.63, 3.8) is 0 Å². The number of aliphatic hydroxyl groups is 3. The van der Waals surface area contributed by atoms with Crippen LogP contribution in [0.25, 0.3) is 0 Å². The van der Waals surface area contributed by atoms with Gasteiger partial charge in [0.15, 0.2) is 12.4 Å². The molecule has 55 heavy (non-hydrogen) atoms. The van der Waals surface area contributed by atoms with Crippen molar-refractivity contribution in [3.05, 3.63) is 64.0 Å². The summed E-state index contributed by atoms with van der Waals surface area (Å²) in [4.78, 5) is 0. The summed E-state index contributed by atoms with van der Waals surface area (Å²) in [7, 11) is 0. The summed E-state index contributed by atoms with van der Waals surface area (Å²) in [6.07, 6.45) is 0. The van der Waals surface area contributed by atoms with E-state index in [0.29, 0.717) is 0 Å². The molecule has 0 spiro atoms. The van der Waals surface area contributed by atoms with Gasteiger partial charge in [-0.3, -0.25) is 0 Å². The fourth-order valence-electron chi connectivity index (χ4n) is 2.76. The summed E-state index contributed by atoms with van der Waals surface area (Å²) in [5.74, 6) is -81.5. The van der Waals surface area contributed by atoms with E-state index >= 15 is 0 Å². The van der Waals surface area contributed by atoms with Crippen LogP contribution in [0.4, 0.5) is 119 Å². The molecule has 31 heteroatoms. The largest absolute Gasteiger partial charge is 0.481 e. The van der Waals surface area contributed by atoms with Crippen LogP contribution in [-0.2, 0) is 0 Å². The molecule has 0 aliphatic carbocycles. The molecule has 0 amide bonds. The number of aliphatic hydroxyl groups excluding tert-OH is 3. The summed E-state index contributed by atoms with van der Waals surface area (Å²) in [6.45, 7) is -11.6. The zero-order valence-electron chi connectivity index (χ0n) is 24.8. The second-order valence-electron chi connectivity index (χ2n) is 9.66. The molecule has 0 saturated carbocycles. The van der Waals surface area contributed by atoms with Crippen LogP contribution in [0.1, 0.15) is 0 Å². The Bertz CT molecular complexity index is 1500. The van der Waals surface area contributed by atoms with E-state index < -0.39 is 144 Å². The molecule has 0 unspecified atom stereocenters. The van der Waals surface area contributed by atoms with Crippen LogP contribution in [-0.4, -0.2) is 89.1 Å². The molecule has 0 heterocycles. The lowest BCUT2D eigenvalue weighted by Crippen LogP contribution is -2.64. The summed E-state index contributed by atoms with van der Waals surface area (Å²) < 4.78 is 343. The highest BCUT2D eigenvalue weighted by Crippen LogP contribution is 2.53. The first kappa shape index (κ1) is 51.2. The zero-order chi connectivity index (χ0) is 44.5. The van der Waals surface area contributed by atoms with Crippen LogP contribution in [0.3, 0.4) is 0 Å². The SMILES string of the molecule is Fc1c(F)c(F)c(F)c(F)c1F.OCC(F)(F)C(F)(F)C(F)(F)C(F)(F)CO.OCC(F)(F)C(F)(F)C(F)(F)C(F)(F)COc1c(F)c(F)c(F)c(F)c1F. The lowest BCUT2D eigenvalue weighted by Gasteiger charge is -2.35. The minimum atomic E-state index is -6.98. The fourth-order valence-corrected chi connectivity index (χ4v) is 2.76. The standard InChI is InChI=1S/C12H5F13O2.C6H6F8O2.C6F6/c13-3-4(14)6(16)8(7(17)5(3)15)27-2-10(20,21)12(24,25)11(22,23)9(18,19)1-26;7-3(8,1-15)5(11,12)6(13,14)4(9,10)2-16;7-1-2(8)4(10)6(12)5(11)3(1)9/h26H,1-2H2;15-16H,1-2H2;. The molecule has 0 radical (unpaired) electrons. The molecular formula is C24H11F27O4. The van der Waals surface area contributed by atoms with E-state index in [2.05, 4.69) is 4.74 Å². The van der Waals surface area contributed by atoms with Gasteiger partial charge in [-0.05, 0) is 0 Å². The Kier molecular flexibility index (Phi) is 15.6. The highest BCUT2D eigenvalue weighted by atomic mass is 19.4. The third-order valence-electron chi connectivity index (χ3n) is 5.95. The molecule has 0 aliphatic heterocycles. The Hall–Kier alpha value is -3.77. The number of hydrogen-bond acceptors (Lipinski definition) is 4. The predicted octanol–water partition coefficient (Wildman–Crippen LogP) is 8.33. The maximum absolute atomic E-state index is 13.3. The number of ether oxygens (including phenoxy) is 1. The van der Waals surface area contributed by atoms with Crippen LogP contribution in [0.2, 0.25) is 0 Å². The van der Waals surface area contributed by atoms with Gasteiger partial charge in [0, 0.05) is 0 Å². The Labute approximate surface area is 283 Å². The van der Waals surface area contributed by atoms with E-state index in [9.17, 15) is 119 Å². The highest BCUT2D eigenvalue weighted by molar-refractivity contribution is 5.30. The first-order valence-electron chi connectivity index (χ1n) is 12.5. The fraction of sp³-hybridized carbons (Fsp3) is 0.500. The molecule has 320 valence electrons. The lowest BCUT2D eigenvalue weighted by molar-refractivity contribution is -0.373. The minimum Gasteiger partial charge on any atom is -0.481 e. The number of halogens is 27. The van der Waals surface area contributed by atoms with E-state index in [4.69, 9.17) is 15.3 Å². The smallest absolute Gasteiger partial charge is 0.381 e. The normalized spacial score (nSPS) is 13.6. The van der Waals surface area contributed by atoms with E-state index in [1.165, 1.54) is 0 Å². The van der Waals surface area contributed by atoms with E-state index in [1.807, 2.05) is 0 Å². The Balaban J connectivity index is 0.000000879. The molecule has 0 aromatic heterocycles. The molecular weight excluding hydrogens is 865 g/mol. The minimum absolute atomic E-state index is 2.37. The predicted molar refractivity (Wildman–Crippen MR) is 119 cm³/mol. The van der Waals surface area contributed by atoms with Crippen LogP contribution >= 0.6 is 0 Å². The molecule has 3 N–H and O–H groups in total. The van der Waals surface area contributed by atoms with Gasteiger partial charge in [-0.1, -0.05) is 0 Å². The average molecular weight is 876 g/mol. The summed E-state index contributed by atoms with van der Waals surface area (Å²) in [6, 6.07) is 0. The Morgan fingerprint density at radius 3 is 0.636 bits per heavy atom. The van der Waals surface area contributed by atoms with Crippen molar-refractivity contribution >= 4 is 0 Å². The molecule has 0 aliphatic rings. The van der Waals surface area contributed by atoms with Gasteiger partial charge >= 0.3 is 47.4 Å². The van der Waals surface area contributed by atoms with Gasteiger partial charge in [-0.15, -0.1) is 0 Å². The third kappa shape index (κ3) is 9.11. The quantitative estimate of drug-likeness (QED) is 0.114. The van der Waals surface area contributed by atoms with E-state index in [-0.39, 0.29) is 0 Å². The maximum atomic E-state index is 13.3. The van der Waals surface area contributed by atoms with Crippen molar-refractivity contribution in [1.82, 2.24) is 0 Å². The molecule has 4 nitrogen and oxygen atoms in total. The van der Waals surface area contributed by atoms with Crippen LogP contribution in [0, 0.1) is 64.0 Å². The zero-order valence-corrected chi connectivity index (χ0v) is 24.8. The van der Waals surface area contributed by atoms with Gasteiger partial charge < -0.3 is 20.1 Å². The molecule has 2 aromatic carbocycles. The van der Waals surface area contributed by atoms with Gasteiger partial charge in [0.1, 0.15) is 19.8 Å². The Morgan fingerprint density at radius 2 is 0.455 bits per heavy atom. The van der Waals surface area contributed by atoms with Crippen molar-refractivity contribution in [1.29, 1.82) is 0 Å². The van der Waals surface area contributed by atoms with Crippen LogP contribution in [0.15, 0.2) is 0 Å². The summed E-state index contributed by atoms with van der Waals surface area (Å²) >= 11 is 0. The van der Waals surface area contributed by atoms with Crippen molar-refractivity contribution in [2.24, 2.45) is 0 Å². The lowest BCUT2D eigenvalue weighted by atomic mass is 9.99. The first-order chi connectivity index (χ1) is 24.3. The van der Waals surface area contributed by atoms with E-state index in [0.717, 1.165) is 0 Å². The van der Waals surface area contributed by atoms with Gasteiger partial charge in [0.25, 0.3) is 0 Å². The first-order valence-corrected chi connectivity index (χ1v) is 12.5. The maximum Gasteiger partial charge on any atom is 0.381 e.